The Kier molecular flexibility index (Phi) is 2.49. The van der Waals surface area contributed by atoms with Gasteiger partial charge in [-0.05, 0) is 33.2 Å². The van der Waals surface area contributed by atoms with E-state index in [9.17, 15) is 4.79 Å². The third kappa shape index (κ3) is 1.71. The van der Waals surface area contributed by atoms with Crippen molar-refractivity contribution in [3.63, 3.8) is 0 Å². The maximum absolute atomic E-state index is 10.9. The van der Waals surface area contributed by atoms with Gasteiger partial charge < -0.3 is 5.73 Å². The van der Waals surface area contributed by atoms with Gasteiger partial charge in [0.1, 0.15) is 0 Å². The molecule has 1 aliphatic heterocycles. The fraction of sp³-hybridized carbons (Fsp3) is 0.750. The van der Waals surface area contributed by atoms with Gasteiger partial charge in [-0.25, -0.2) is 0 Å². The summed E-state index contributed by atoms with van der Waals surface area (Å²) in [5.41, 5.74) is 5.21. The minimum absolute atomic E-state index is 0.130. The van der Waals surface area contributed by atoms with Crippen molar-refractivity contribution in [2.75, 3.05) is 6.54 Å². The Labute approximate surface area is 67.5 Å². The normalized spacial score (nSPS) is 26.3. The lowest BCUT2D eigenvalue weighted by atomic mass is 10.2. The Morgan fingerprint density at radius 3 is 2.73 bits per heavy atom. The Balaban J connectivity index is 2.58. The molecule has 2 N–H and O–H groups in total. The van der Waals surface area contributed by atoms with Crippen LogP contribution < -0.4 is 5.73 Å². The minimum atomic E-state index is -0.226. The molecule has 0 saturated carbocycles. The van der Waals surface area contributed by atoms with Crippen molar-refractivity contribution in [2.24, 2.45) is 5.73 Å². The van der Waals surface area contributed by atoms with E-state index in [0.717, 1.165) is 13.0 Å². The van der Waals surface area contributed by atoms with Gasteiger partial charge >= 0.3 is 0 Å². The zero-order chi connectivity index (χ0) is 8.43. The van der Waals surface area contributed by atoms with Crippen molar-refractivity contribution < 1.29 is 4.79 Å². The molecule has 1 unspecified atom stereocenters. The van der Waals surface area contributed by atoms with Crippen LogP contribution in [0.4, 0.5) is 0 Å². The number of rotatable bonds is 2. The molecule has 1 saturated heterocycles. The van der Waals surface area contributed by atoms with Gasteiger partial charge in [-0.15, -0.1) is 0 Å². The first-order valence-electron chi connectivity index (χ1n) is 4.01. The summed E-state index contributed by atoms with van der Waals surface area (Å²) in [4.78, 5) is 13.0. The topological polar surface area (TPSA) is 46.3 Å². The Morgan fingerprint density at radius 2 is 2.36 bits per heavy atom. The molecule has 11 heavy (non-hydrogen) atoms. The van der Waals surface area contributed by atoms with Gasteiger partial charge in [-0.2, -0.15) is 0 Å². The van der Waals surface area contributed by atoms with E-state index in [-0.39, 0.29) is 11.9 Å². The molecule has 0 aromatic rings. The van der Waals surface area contributed by atoms with Crippen molar-refractivity contribution in [1.82, 2.24) is 4.90 Å². The van der Waals surface area contributed by atoms with Gasteiger partial charge in [-0.3, -0.25) is 9.69 Å². The van der Waals surface area contributed by atoms with Crippen LogP contribution in [0.1, 0.15) is 20.3 Å². The second-order valence-electron chi connectivity index (χ2n) is 3.20. The van der Waals surface area contributed by atoms with E-state index in [0.29, 0.717) is 6.04 Å². The first-order chi connectivity index (χ1) is 5.13. The molecule has 0 spiro atoms. The summed E-state index contributed by atoms with van der Waals surface area (Å²) < 4.78 is 0. The lowest BCUT2D eigenvalue weighted by Crippen LogP contribution is -2.43. The number of nitrogens with zero attached hydrogens (tertiary/aromatic N) is 1. The number of amides is 1. The molecule has 0 bridgehead atoms. The summed E-state index contributed by atoms with van der Waals surface area (Å²) in [6.07, 6.45) is 2.97. The second-order valence-corrected chi connectivity index (χ2v) is 3.20. The molecule has 1 fully saturated rings. The molecule has 3 heteroatoms. The average Bonchev–Trinajstić information content (AvgIpc) is 2.32. The smallest absolute Gasteiger partial charge is 0.235 e. The highest BCUT2D eigenvalue weighted by Gasteiger charge is 2.30. The largest absolute Gasteiger partial charge is 0.368 e. The van der Waals surface area contributed by atoms with Crippen LogP contribution in [0, 0.1) is 6.42 Å². The van der Waals surface area contributed by atoms with Crippen LogP contribution in [-0.4, -0.2) is 29.4 Å². The molecule has 0 aromatic carbocycles. The number of carbonyl (C=O) groups is 1. The molecule has 1 radical (unpaired) electrons. The maximum Gasteiger partial charge on any atom is 0.235 e. The molecule has 1 atom stereocenters. The second kappa shape index (κ2) is 3.22. The van der Waals surface area contributed by atoms with E-state index in [1.807, 2.05) is 6.42 Å². The van der Waals surface area contributed by atoms with E-state index in [4.69, 9.17) is 5.73 Å². The number of hydrogen-bond donors (Lipinski definition) is 1. The van der Waals surface area contributed by atoms with E-state index in [2.05, 4.69) is 18.7 Å². The lowest BCUT2D eigenvalue weighted by Gasteiger charge is -2.25. The van der Waals surface area contributed by atoms with Gasteiger partial charge in [-0.1, -0.05) is 0 Å². The molecule has 1 rings (SSSR count). The quantitative estimate of drug-likeness (QED) is 0.617. The van der Waals surface area contributed by atoms with Gasteiger partial charge in [0.15, 0.2) is 0 Å². The van der Waals surface area contributed by atoms with Crippen LogP contribution >= 0.6 is 0 Å². The number of nitrogens with two attached hydrogens (primary N) is 1. The summed E-state index contributed by atoms with van der Waals surface area (Å²) in [5, 5.41) is 0. The summed E-state index contributed by atoms with van der Waals surface area (Å²) in [6, 6.07) is 0.279. The summed E-state index contributed by atoms with van der Waals surface area (Å²) in [7, 11) is 0. The molecule has 0 aromatic heterocycles. The van der Waals surface area contributed by atoms with Gasteiger partial charge in [0.25, 0.3) is 0 Å². The predicted molar refractivity (Wildman–Crippen MR) is 43.7 cm³/mol. The van der Waals surface area contributed by atoms with E-state index >= 15 is 0 Å². The fourth-order valence-electron chi connectivity index (χ4n) is 1.51. The highest BCUT2D eigenvalue weighted by Crippen LogP contribution is 2.18. The third-order valence-electron chi connectivity index (χ3n) is 2.09. The van der Waals surface area contributed by atoms with Crippen molar-refractivity contribution in [2.45, 2.75) is 32.4 Å². The van der Waals surface area contributed by atoms with Crippen LogP contribution in [0.25, 0.3) is 0 Å². The summed E-state index contributed by atoms with van der Waals surface area (Å²) in [6.45, 7) is 5.12. The molecule has 63 valence electrons. The van der Waals surface area contributed by atoms with Crippen molar-refractivity contribution >= 4 is 5.91 Å². The number of likely N-dealkylation sites (tertiary alicyclic amines) is 1. The third-order valence-corrected chi connectivity index (χ3v) is 2.09. The molecule has 0 aliphatic carbocycles. The molecule has 1 amide bonds. The van der Waals surface area contributed by atoms with Crippen LogP contribution in [0.3, 0.4) is 0 Å². The van der Waals surface area contributed by atoms with Crippen LogP contribution in [0.2, 0.25) is 0 Å². The van der Waals surface area contributed by atoms with Crippen molar-refractivity contribution in [1.29, 1.82) is 0 Å². The van der Waals surface area contributed by atoms with E-state index < -0.39 is 0 Å². The minimum Gasteiger partial charge on any atom is -0.368 e. The Hall–Kier alpha value is -0.570. The van der Waals surface area contributed by atoms with Crippen molar-refractivity contribution in [3.8, 4) is 0 Å². The maximum atomic E-state index is 10.9. The van der Waals surface area contributed by atoms with E-state index in [1.54, 1.807) is 0 Å². The summed E-state index contributed by atoms with van der Waals surface area (Å²) in [5.74, 6) is -0.226. The van der Waals surface area contributed by atoms with Gasteiger partial charge in [0.2, 0.25) is 5.91 Å². The highest BCUT2D eigenvalue weighted by atomic mass is 16.1. The Bertz CT molecular complexity index is 156. The molecular weight excluding hydrogens is 140 g/mol. The Morgan fingerprint density at radius 1 is 1.73 bits per heavy atom. The number of hydrogen-bond acceptors (Lipinski definition) is 2. The van der Waals surface area contributed by atoms with Gasteiger partial charge in [0.05, 0.1) is 6.04 Å². The zero-order valence-corrected chi connectivity index (χ0v) is 7.08. The molecular formula is C8H15N2O. The lowest BCUT2D eigenvalue weighted by molar-refractivity contribution is -0.121. The zero-order valence-electron chi connectivity index (χ0n) is 7.08. The standard InChI is InChI=1S/C8H15N2O/c1-6(2)10-5-3-4-7(10)8(9)11/h4,6-7H,3,5H2,1-2H3,(H2,9,11). The molecule has 1 aliphatic rings. The van der Waals surface area contributed by atoms with Crippen molar-refractivity contribution in [3.05, 3.63) is 6.42 Å². The number of carbonyl (C=O) groups excluding carboxylic acids is 1. The van der Waals surface area contributed by atoms with Crippen LogP contribution in [-0.2, 0) is 4.79 Å². The predicted octanol–water partition coefficient (Wildman–Crippen LogP) is 0.159. The molecule has 3 nitrogen and oxygen atoms in total. The summed E-state index contributed by atoms with van der Waals surface area (Å²) >= 11 is 0. The van der Waals surface area contributed by atoms with Crippen LogP contribution in [0.15, 0.2) is 0 Å². The number of primary amides is 1. The molecule has 1 heterocycles. The first kappa shape index (κ1) is 8.53. The van der Waals surface area contributed by atoms with Crippen LogP contribution in [0.5, 0.6) is 0 Å². The fourth-order valence-corrected chi connectivity index (χ4v) is 1.51. The van der Waals surface area contributed by atoms with Gasteiger partial charge in [0, 0.05) is 6.04 Å². The van der Waals surface area contributed by atoms with E-state index in [1.165, 1.54) is 0 Å². The highest BCUT2D eigenvalue weighted by molar-refractivity contribution is 5.81. The SMILES string of the molecule is CC(C)N1CC[CH]C1C(N)=O. The first-order valence-corrected chi connectivity index (χ1v) is 4.01. The average molecular weight is 155 g/mol. The monoisotopic (exact) mass is 155 g/mol.